The van der Waals surface area contributed by atoms with E-state index in [-0.39, 0.29) is 11.6 Å². The van der Waals surface area contributed by atoms with Crippen LogP contribution in [0.4, 0.5) is 23.1 Å². The topological polar surface area (TPSA) is 116 Å². The van der Waals surface area contributed by atoms with E-state index in [0.717, 1.165) is 10.0 Å². The molecule has 0 unspecified atom stereocenters. The second-order valence-corrected chi connectivity index (χ2v) is 6.41. The molecule has 9 heteroatoms. The van der Waals surface area contributed by atoms with Crippen LogP contribution in [0, 0.1) is 10.1 Å². The van der Waals surface area contributed by atoms with Crippen LogP contribution in [-0.4, -0.2) is 21.5 Å². The first-order valence-corrected chi connectivity index (χ1v) is 8.84. The van der Waals surface area contributed by atoms with Crippen LogP contribution in [0.5, 0.6) is 5.75 Å². The lowest BCUT2D eigenvalue weighted by Crippen LogP contribution is -2.02. The van der Waals surface area contributed by atoms with Gasteiger partial charge in [-0.3, -0.25) is 10.1 Å². The molecule has 0 aliphatic heterocycles. The molecule has 0 aliphatic carbocycles. The second-order valence-electron chi connectivity index (χ2n) is 5.50. The van der Waals surface area contributed by atoms with E-state index in [0.29, 0.717) is 29.6 Å². The molecular formula is C18H16BrN5O3. The third kappa shape index (κ3) is 4.50. The lowest BCUT2D eigenvalue weighted by Gasteiger charge is -2.12. The molecule has 0 saturated heterocycles. The molecule has 3 aromatic rings. The van der Waals surface area contributed by atoms with Crippen LogP contribution in [0.25, 0.3) is 11.3 Å². The van der Waals surface area contributed by atoms with Gasteiger partial charge in [-0.05, 0) is 37.3 Å². The molecule has 27 heavy (non-hydrogen) atoms. The fourth-order valence-corrected chi connectivity index (χ4v) is 2.83. The zero-order valence-corrected chi connectivity index (χ0v) is 15.9. The highest BCUT2D eigenvalue weighted by atomic mass is 79.9. The summed E-state index contributed by atoms with van der Waals surface area (Å²) < 4.78 is 6.55. The molecule has 2 aromatic carbocycles. The van der Waals surface area contributed by atoms with Gasteiger partial charge in [-0.15, -0.1) is 0 Å². The summed E-state index contributed by atoms with van der Waals surface area (Å²) in [6.07, 6.45) is 0. The van der Waals surface area contributed by atoms with E-state index in [1.807, 2.05) is 25.1 Å². The van der Waals surface area contributed by atoms with Crippen LogP contribution in [0.3, 0.4) is 0 Å². The Morgan fingerprint density at radius 1 is 1.19 bits per heavy atom. The van der Waals surface area contributed by atoms with Crippen LogP contribution < -0.4 is 15.8 Å². The minimum Gasteiger partial charge on any atom is -0.493 e. The highest BCUT2D eigenvalue weighted by Gasteiger charge is 2.12. The van der Waals surface area contributed by atoms with E-state index in [2.05, 4.69) is 31.2 Å². The number of rotatable bonds is 6. The summed E-state index contributed by atoms with van der Waals surface area (Å²) in [4.78, 5) is 18.8. The van der Waals surface area contributed by atoms with Gasteiger partial charge < -0.3 is 15.8 Å². The maximum Gasteiger partial charge on any atom is 0.269 e. The van der Waals surface area contributed by atoms with E-state index in [4.69, 9.17) is 10.5 Å². The van der Waals surface area contributed by atoms with Crippen molar-refractivity contribution in [3.05, 3.63) is 63.1 Å². The number of non-ortho nitro benzene ring substituents is 1. The summed E-state index contributed by atoms with van der Waals surface area (Å²) >= 11 is 3.45. The van der Waals surface area contributed by atoms with Gasteiger partial charge in [-0.25, -0.2) is 4.98 Å². The highest BCUT2D eigenvalue weighted by Crippen LogP contribution is 2.33. The molecule has 0 aliphatic rings. The van der Waals surface area contributed by atoms with E-state index in [9.17, 15) is 10.1 Å². The smallest absolute Gasteiger partial charge is 0.269 e. The molecular weight excluding hydrogens is 414 g/mol. The summed E-state index contributed by atoms with van der Waals surface area (Å²) in [5, 5.41) is 13.8. The van der Waals surface area contributed by atoms with Gasteiger partial charge in [0.05, 0.1) is 17.2 Å². The molecule has 0 spiro atoms. The lowest BCUT2D eigenvalue weighted by molar-refractivity contribution is -0.384. The predicted octanol–water partition coefficient (Wildman–Crippen LogP) is 4.54. The number of nitrogens with two attached hydrogens (primary N) is 1. The number of ether oxygens (including phenoxy) is 1. The predicted molar refractivity (Wildman–Crippen MR) is 107 cm³/mol. The molecule has 0 bridgehead atoms. The van der Waals surface area contributed by atoms with Crippen LogP contribution in [0.15, 0.2) is 53.0 Å². The van der Waals surface area contributed by atoms with Gasteiger partial charge in [0.1, 0.15) is 11.6 Å². The van der Waals surface area contributed by atoms with Gasteiger partial charge in [0, 0.05) is 33.9 Å². The van der Waals surface area contributed by atoms with Gasteiger partial charge >= 0.3 is 0 Å². The summed E-state index contributed by atoms with van der Waals surface area (Å²) in [6, 6.07) is 13.4. The third-order valence-corrected chi connectivity index (χ3v) is 4.10. The van der Waals surface area contributed by atoms with E-state index >= 15 is 0 Å². The number of hydrogen-bond acceptors (Lipinski definition) is 7. The first kappa shape index (κ1) is 18.6. The molecule has 138 valence electrons. The van der Waals surface area contributed by atoms with Gasteiger partial charge in [0.25, 0.3) is 5.69 Å². The average Bonchev–Trinajstić information content (AvgIpc) is 2.63. The van der Waals surface area contributed by atoms with E-state index in [1.54, 1.807) is 18.2 Å². The molecule has 3 N–H and O–H groups in total. The van der Waals surface area contributed by atoms with Crippen LogP contribution in [0.2, 0.25) is 0 Å². The van der Waals surface area contributed by atoms with Gasteiger partial charge in [-0.1, -0.05) is 15.9 Å². The zero-order chi connectivity index (χ0) is 19.4. The quantitative estimate of drug-likeness (QED) is 0.436. The van der Waals surface area contributed by atoms with Crippen molar-refractivity contribution >= 4 is 39.1 Å². The van der Waals surface area contributed by atoms with Gasteiger partial charge in [0.15, 0.2) is 0 Å². The molecule has 0 radical (unpaired) electrons. The summed E-state index contributed by atoms with van der Waals surface area (Å²) in [5.74, 6) is 1.24. The Bertz CT molecular complexity index is 979. The number of hydrogen-bond donors (Lipinski definition) is 2. The zero-order valence-electron chi connectivity index (χ0n) is 14.3. The van der Waals surface area contributed by atoms with Crippen molar-refractivity contribution in [1.29, 1.82) is 0 Å². The summed E-state index contributed by atoms with van der Waals surface area (Å²) in [6.45, 7) is 2.42. The Morgan fingerprint density at radius 3 is 2.59 bits per heavy atom. The summed E-state index contributed by atoms with van der Waals surface area (Å²) in [5.41, 5.74) is 7.89. The Hall–Kier alpha value is -3.20. The third-order valence-electron chi connectivity index (χ3n) is 3.61. The van der Waals surface area contributed by atoms with Crippen molar-refractivity contribution in [3.8, 4) is 17.0 Å². The Balaban J connectivity index is 1.95. The van der Waals surface area contributed by atoms with Gasteiger partial charge in [-0.2, -0.15) is 4.98 Å². The largest absolute Gasteiger partial charge is 0.493 e. The SMILES string of the molecule is CCOc1ccc(Br)cc1-c1cc(Nc2ccc([N+](=O)[O-])cc2)nc(N)n1. The molecule has 8 nitrogen and oxygen atoms in total. The Labute approximate surface area is 163 Å². The fourth-order valence-electron chi connectivity index (χ4n) is 2.47. The molecule has 1 aromatic heterocycles. The van der Waals surface area contributed by atoms with Crippen molar-refractivity contribution < 1.29 is 9.66 Å². The van der Waals surface area contributed by atoms with Crippen LogP contribution in [0.1, 0.15) is 6.92 Å². The van der Waals surface area contributed by atoms with Crippen LogP contribution >= 0.6 is 15.9 Å². The minimum atomic E-state index is -0.451. The lowest BCUT2D eigenvalue weighted by atomic mass is 10.1. The number of nitro groups is 1. The molecule has 0 atom stereocenters. The number of halogens is 1. The first-order valence-electron chi connectivity index (χ1n) is 8.05. The van der Waals surface area contributed by atoms with Gasteiger partial charge in [0.2, 0.25) is 5.95 Å². The first-order chi connectivity index (χ1) is 13.0. The average molecular weight is 430 g/mol. The molecule has 3 rings (SSSR count). The number of nitrogen functional groups attached to an aromatic ring is 1. The van der Waals surface area contributed by atoms with Crippen molar-refractivity contribution in [2.24, 2.45) is 0 Å². The highest BCUT2D eigenvalue weighted by molar-refractivity contribution is 9.10. The van der Waals surface area contributed by atoms with Crippen molar-refractivity contribution in [2.45, 2.75) is 6.92 Å². The molecule has 0 saturated carbocycles. The Kier molecular flexibility index (Phi) is 5.51. The maximum absolute atomic E-state index is 10.8. The number of nitro benzene ring substituents is 1. The normalized spacial score (nSPS) is 10.4. The van der Waals surface area contributed by atoms with E-state index < -0.39 is 4.92 Å². The molecule has 1 heterocycles. The number of nitrogens with zero attached hydrogens (tertiary/aromatic N) is 3. The molecule has 0 fully saturated rings. The fraction of sp³-hybridized carbons (Fsp3) is 0.111. The maximum atomic E-state index is 10.8. The number of aromatic nitrogens is 2. The minimum absolute atomic E-state index is 0.0129. The monoisotopic (exact) mass is 429 g/mol. The Morgan fingerprint density at radius 2 is 1.93 bits per heavy atom. The van der Waals surface area contributed by atoms with Crippen molar-refractivity contribution in [1.82, 2.24) is 9.97 Å². The van der Waals surface area contributed by atoms with Crippen molar-refractivity contribution in [2.75, 3.05) is 17.7 Å². The number of nitrogens with one attached hydrogen (secondary N) is 1. The number of anilines is 3. The molecule has 0 amide bonds. The standard InChI is InChI=1S/C18H16BrN5O3/c1-2-27-16-8-3-11(19)9-14(16)15-10-17(23-18(20)22-15)21-12-4-6-13(7-5-12)24(25)26/h3-10H,2H2,1H3,(H3,20,21,22,23). The van der Waals surface area contributed by atoms with E-state index in [1.165, 1.54) is 12.1 Å². The number of benzene rings is 2. The second kappa shape index (κ2) is 8.00. The van der Waals surface area contributed by atoms with Crippen LogP contribution in [-0.2, 0) is 0 Å². The van der Waals surface area contributed by atoms with Crippen molar-refractivity contribution in [3.63, 3.8) is 0 Å². The summed E-state index contributed by atoms with van der Waals surface area (Å²) in [7, 11) is 0.